The van der Waals surface area contributed by atoms with Crippen molar-refractivity contribution >= 4 is 17.5 Å². The van der Waals surface area contributed by atoms with Crippen molar-refractivity contribution in [3.05, 3.63) is 47.3 Å². The molecule has 0 aliphatic heterocycles. The Morgan fingerprint density at radius 2 is 1.83 bits per heavy atom. The molecule has 1 aromatic heterocycles. The molecule has 1 aromatic carbocycles. The first-order valence-corrected chi connectivity index (χ1v) is 8.04. The molecule has 0 saturated carbocycles. The first-order chi connectivity index (χ1) is 11.4. The number of hydrogen-bond donors (Lipinski definition) is 2. The van der Waals surface area contributed by atoms with Crippen molar-refractivity contribution in [2.75, 3.05) is 5.32 Å². The molecule has 6 nitrogen and oxygen atoms in total. The van der Waals surface area contributed by atoms with Crippen LogP contribution in [0, 0.1) is 13.8 Å². The molecule has 0 saturated heterocycles. The predicted molar refractivity (Wildman–Crippen MR) is 93.5 cm³/mol. The lowest BCUT2D eigenvalue weighted by Crippen LogP contribution is -2.32. The SMILES string of the molecule is CCC(NC(=O)CC(=O)Nc1cc(C)cc(C)c1)c1ccnn1C. The smallest absolute Gasteiger partial charge is 0.233 e. The average molecular weight is 328 g/mol. The van der Waals surface area contributed by atoms with Crippen molar-refractivity contribution in [2.24, 2.45) is 7.05 Å². The number of nitrogens with one attached hydrogen (secondary N) is 2. The summed E-state index contributed by atoms with van der Waals surface area (Å²) in [6.45, 7) is 5.91. The Bertz CT molecular complexity index is 716. The molecule has 24 heavy (non-hydrogen) atoms. The summed E-state index contributed by atoms with van der Waals surface area (Å²) in [4.78, 5) is 24.2. The highest BCUT2D eigenvalue weighted by atomic mass is 16.2. The summed E-state index contributed by atoms with van der Waals surface area (Å²) in [6, 6.07) is 7.51. The molecule has 0 fully saturated rings. The number of nitrogens with zero attached hydrogens (tertiary/aromatic N) is 2. The van der Waals surface area contributed by atoms with E-state index >= 15 is 0 Å². The molecule has 1 unspecified atom stereocenters. The van der Waals surface area contributed by atoms with E-state index in [9.17, 15) is 9.59 Å². The van der Waals surface area contributed by atoms with Crippen LogP contribution in [0.25, 0.3) is 0 Å². The van der Waals surface area contributed by atoms with E-state index in [4.69, 9.17) is 0 Å². The van der Waals surface area contributed by atoms with Crippen LogP contribution in [-0.4, -0.2) is 21.6 Å². The van der Waals surface area contributed by atoms with Crippen LogP contribution < -0.4 is 10.6 Å². The summed E-state index contributed by atoms with van der Waals surface area (Å²) in [5, 5.41) is 9.78. The zero-order valence-corrected chi connectivity index (χ0v) is 14.6. The van der Waals surface area contributed by atoms with E-state index < -0.39 is 0 Å². The minimum atomic E-state index is -0.322. The summed E-state index contributed by atoms with van der Waals surface area (Å²) in [5.74, 6) is -0.623. The molecule has 0 bridgehead atoms. The number of hydrogen-bond acceptors (Lipinski definition) is 3. The van der Waals surface area contributed by atoms with Crippen LogP contribution in [0.15, 0.2) is 30.5 Å². The largest absolute Gasteiger partial charge is 0.347 e. The van der Waals surface area contributed by atoms with Gasteiger partial charge in [0.1, 0.15) is 6.42 Å². The molecule has 128 valence electrons. The third-order valence-electron chi connectivity index (χ3n) is 3.79. The van der Waals surface area contributed by atoms with E-state index in [0.29, 0.717) is 5.69 Å². The van der Waals surface area contributed by atoms with E-state index in [2.05, 4.69) is 15.7 Å². The zero-order chi connectivity index (χ0) is 17.7. The zero-order valence-electron chi connectivity index (χ0n) is 14.6. The van der Waals surface area contributed by atoms with Crippen molar-refractivity contribution in [3.63, 3.8) is 0 Å². The summed E-state index contributed by atoms with van der Waals surface area (Å²) < 4.78 is 1.73. The fourth-order valence-corrected chi connectivity index (χ4v) is 2.75. The first kappa shape index (κ1) is 17.7. The van der Waals surface area contributed by atoms with Crippen molar-refractivity contribution in [2.45, 2.75) is 39.7 Å². The second-order valence-corrected chi connectivity index (χ2v) is 6.01. The highest BCUT2D eigenvalue weighted by molar-refractivity contribution is 6.03. The van der Waals surface area contributed by atoms with Crippen molar-refractivity contribution < 1.29 is 9.59 Å². The van der Waals surface area contributed by atoms with Gasteiger partial charge in [0.05, 0.1) is 11.7 Å². The van der Waals surface area contributed by atoms with Crippen LogP contribution in [0.4, 0.5) is 5.69 Å². The van der Waals surface area contributed by atoms with Gasteiger partial charge in [-0.25, -0.2) is 0 Å². The fourth-order valence-electron chi connectivity index (χ4n) is 2.75. The van der Waals surface area contributed by atoms with Crippen LogP contribution in [0.5, 0.6) is 0 Å². The van der Waals surface area contributed by atoms with Gasteiger partial charge in [-0.1, -0.05) is 13.0 Å². The molecule has 0 spiro atoms. The number of carbonyl (C=O) groups is 2. The van der Waals surface area contributed by atoms with E-state index in [0.717, 1.165) is 23.2 Å². The predicted octanol–water partition coefficient (Wildman–Crippen LogP) is 2.63. The summed E-state index contributed by atoms with van der Waals surface area (Å²) in [5.41, 5.74) is 3.76. The number of rotatable bonds is 6. The van der Waals surface area contributed by atoms with Crippen LogP contribution in [0.3, 0.4) is 0 Å². The van der Waals surface area contributed by atoms with Crippen LogP contribution in [0.2, 0.25) is 0 Å². The topological polar surface area (TPSA) is 76.0 Å². The number of aryl methyl sites for hydroxylation is 3. The maximum atomic E-state index is 12.2. The molecule has 2 N–H and O–H groups in total. The third-order valence-corrected chi connectivity index (χ3v) is 3.79. The van der Waals surface area contributed by atoms with Gasteiger partial charge < -0.3 is 10.6 Å². The number of aromatic nitrogens is 2. The lowest BCUT2D eigenvalue weighted by molar-refractivity contribution is -0.127. The standard InChI is InChI=1S/C18H24N4O2/c1-5-15(16-6-7-19-22(16)4)21-18(24)11-17(23)20-14-9-12(2)8-13(3)10-14/h6-10,15H,5,11H2,1-4H3,(H,20,23)(H,21,24). The molecule has 2 aromatic rings. The Balaban J connectivity index is 1.93. The Hall–Kier alpha value is -2.63. The molecule has 0 radical (unpaired) electrons. The summed E-state index contributed by atoms with van der Waals surface area (Å²) >= 11 is 0. The Morgan fingerprint density at radius 1 is 1.17 bits per heavy atom. The summed E-state index contributed by atoms with van der Waals surface area (Å²) in [6.07, 6.45) is 2.21. The van der Waals surface area contributed by atoms with Gasteiger partial charge in [-0.2, -0.15) is 5.10 Å². The van der Waals surface area contributed by atoms with Gasteiger partial charge >= 0.3 is 0 Å². The molecule has 1 heterocycles. The Morgan fingerprint density at radius 3 is 2.38 bits per heavy atom. The van der Waals surface area contributed by atoms with E-state index in [-0.39, 0.29) is 24.3 Å². The monoisotopic (exact) mass is 328 g/mol. The van der Waals surface area contributed by atoms with Gasteiger partial charge in [0.25, 0.3) is 0 Å². The second kappa shape index (κ2) is 7.77. The van der Waals surface area contributed by atoms with Gasteiger partial charge in [-0.3, -0.25) is 14.3 Å². The Kier molecular flexibility index (Phi) is 5.73. The minimum Gasteiger partial charge on any atom is -0.347 e. The third kappa shape index (κ3) is 4.68. The number of anilines is 1. The fraction of sp³-hybridized carbons (Fsp3) is 0.389. The maximum Gasteiger partial charge on any atom is 0.233 e. The van der Waals surface area contributed by atoms with Gasteiger partial charge in [0.15, 0.2) is 0 Å². The molecular weight excluding hydrogens is 304 g/mol. The molecule has 6 heteroatoms. The van der Waals surface area contributed by atoms with Crippen LogP contribution in [0.1, 0.15) is 42.6 Å². The van der Waals surface area contributed by atoms with Crippen molar-refractivity contribution in [3.8, 4) is 0 Å². The number of amides is 2. The van der Waals surface area contributed by atoms with Crippen LogP contribution >= 0.6 is 0 Å². The molecule has 1 atom stereocenters. The molecule has 0 aliphatic carbocycles. The highest BCUT2D eigenvalue weighted by Crippen LogP contribution is 2.16. The van der Waals surface area contributed by atoms with Gasteiger partial charge in [0.2, 0.25) is 11.8 Å². The molecule has 0 aliphatic rings. The second-order valence-electron chi connectivity index (χ2n) is 6.01. The van der Waals surface area contributed by atoms with Gasteiger partial charge in [-0.05, 0) is 49.6 Å². The lowest BCUT2D eigenvalue weighted by atomic mass is 10.1. The summed E-state index contributed by atoms with van der Waals surface area (Å²) in [7, 11) is 1.83. The molecule has 2 amide bonds. The number of benzene rings is 1. The maximum absolute atomic E-state index is 12.2. The first-order valence-electron chi connectivity index (χ1n) is 8.04. The molecular formula is C18H24N4O2. The minimum absolute atomic E-state index is 0.154. The highest BCUT2D eigenvalue weighted by Gasteiger charge is 2.17. The van der Waals surface area contributed by atoms with E-state index in [1.54, 1.807) is 10.9 Å². The quantitative estimate of drug-likeness (QED) is 0.800. The van der Waals surface area contributed by atoms with Gasteiger partial charge in [0, 0.05) is 18.9 Å². The Labute approximate surface area is 142 Å². The van der Waals surface area contributed by atoms with Crippen molar-refractivity contribution in [1.82, 2.24) is 15.1 Å². The number of carbonyl (C=O) groups excluding carboxylic acids is 2. The molecule has 2 rings (SSSR count). The van der Waals surface area contributed by atoms with Gasteiger partial charge in [-0.15, -0.1) is 0 Å². The average Bonchev–Trinajstić information content (AvgIpc) is 2.89. The van der Waals surface area contributed by atoms with E-state index in [1.165, 1.54) is 0 Å². The lowest BCUT2D eigenvalue weighted by Gasteiger charge is -2.17. The van der Waals surface area contributed by atoms with Crippen LogP contribution in [-0.2, 0) is 16.6 Å². The van der Waals surface area contributed by atoms with Crippen molar-refractivity contribution in [1.29, 1.82) is 0 Å². The normalized spacial score (nSPS) is 11.8. The van der Waals surface area contributed by atoms with E-state index in [1.807, 2.05) is 52.1 Å².